The summed E-state index contributed by atoms with van der Waals surface area (Å²) in [4.78, 5) is 29.9. The summed E-state index contributed by atoms with van der Waals surface area (Å²) in [7, 11) is 0. The molecule has 4 fully saturated rings. The molecule has 6 nitrogen and oxygen atoms in total. The van der Waals surface area contributed by atoms with E-state index in [9.17, 15) is 9.59 Å². The minimum Gasteiger partial charge on any atom is -0.379 e. The molecule has 2 aliphatic heterocycles. The van der Waals surface area contributed by atoms with E-state index in [0.717, 1.165) is 45.7 Å². The van der Waals surface area contributed by atoms with E-state index in [2.05, 4.69) is 10.2 Å². The third-order valence-electron chi connectivity index (χ3n) is 7.39. The van der Waals surface area contributed by atoms with Crippen LogP contribution in [0.5, 0.6) is 0 Å². The molecule has 4 aliphatic rings. The van der Waals surface area contributed by atoms with Crippen molar-refractivity contribution in [1.29, 1.82) is 0 Å². The number of rotatable bonds is 5. The second-order valence-corrected chi connectivity index (χ2v) is 8.97. The Hall–Kier alpha value is -1.14. The van der Waals surface area contributed by atoms with Gasteiger partial charge < -0.3 is 15.0 Å². The first-order chi connectivity index (χ1) is 13.2. The van der Waals surface area contributed by atoms with Gasteiger partial charge in [0.05, 0.1) is 19.1 Å². The largest absolute Gasteiger partial charge is 0.379 e. The summed E-state index contributed by atoms with van der Waals surface area (Å²) in [6.45, 7) is 4.93. The average Bonchev–Trinajstić information content (AvgIpc) is 3.40. The minimum absolute atomic E-state index is 0.0357. The van der Waals surface area contributed by atoms with Gasteiger partial charge in [-0.05, 0) is 32.1 Å². The van der Waals surface area contributed by atoms with Crippen molar-refractivity contribution in [2.24, 2.45) is 5.92 Å². The number of likely N-dealkylation sites (tertiary alicyclic amines) is 1. The molecule has 2 heterocycles. The van der Waals surface area contributed by atoms with Crippen LogP contribution in [0.1, 0.15) is 64.2 Å². The quantitative estimate of drug-likeness (QED) is 0.795. The highest BCUT2D eigenvalue weighted by Crippen LogP contribution is 2.35. The van der Waals surface area contributed by atoms with Crippen LogP contribution in [0.4, 0.5) is 0 Å². The predicted octanol–water partition coefficient (Wildman–Crippen LogP) is 1.93. The van der Waals surface area contributed by atoms with Crippen LogP contribution in [0.2, 0.25) is 0 Å². The lowest BCUT2D eigenvalue weighted by Gasteiger charge is -2.44. The summed E-state index contributed by atoms with van der Waals surface area (Å²) in [6, 6.07) is 0.377. The molecule has 0 spiro atoms. The molecule has 0 bridgehead atoms. The number of hydrogen-bond acceptors (Lipinski definition) is 4. The van der Waals surface area contributed by atoms with E-state index in [1.54, 1.807) is 0 Å². The van der Waals surface area contributed by atoms with Gasteiger partial charge >= 0.3 is 0 Å². The lowest BCUT2D eigenvalue weighted by molar-refractivity contribution is -0.140. The Balaban J connectivity index is 1.34. The number of nitrogens with zero attached hydrogens (tertiary/aromatic N) is 2. The molecule has 2 saturated heterocycles. The molecule has 0 aromatic carbocycles. The molecule has 2 aliphatic carbocycles. The number of carbonyl (C=O) groups excluding carboxylic acids is 2. The van der Waals surface area contributed by atoms with Crippen molar-refractivity contribution in [2.45, 2.75) is 75.8 Å². The molecule has 0 unspecified atom stereocenters. The molecule has 2 saturated carbocycles. The second-order valence-electron chi connectivity index (χ2n) is 8.97. The maximum absolute atomic E-state index is 13.0. The highest BCUT2D eigenvalue weighted by atomic mass is 16.5. The molecule has 0 aromatic heterocycles. The zero-order chi connectivity index (χ0) is 18.7. The van der Waals surface area contributed by atoms with Crippen LogP contribution in [0.3, 0.4) is 0 Å². The van der Waals surface area contributed by atoms with Gasteiger partial charge in [0.1, 0.15) is 0 Å². The smallest absolute Gasteiger partial charge is 0.224 e. The third-order valence-corrected chi connectivity index (χ3v) is 7.39. The number of morpholine rings is 1. The topological polar surface area (TPSA) is 61.9 Å². The highest BCUT2D eigenvalue weighted by Gasteiger charge is 2.41. The molecule has 152 valence electrons. The van der Waals surface area contributed by atoms with E-state index in [-0.39, 0.29) is 23.3 Å². The Morgan fingerprint density at radius 1 is 1.07 bits per heavy atom. The van der Waals surface area contributed by atoms with Crippen LogP contribution in [0, 0.1) is 5.92 Å². The number of hydrogen-bond donors (Lipinski definition) is 1. The van der Waals surface area contributed by atoms with Gasteiger partial charge in [0.2, 0.25) is 11.8 Å². The fourth-order valence-corrected chi connectivity index (χ4v) is 5.73. The number of piperidine rings is 1. The lowest BCUT2D eigenvalue weighted by Crippen LogP contribution is -2.58. The summed E-state index contributed by atoms with van der Waals surface area (Å²) in [5.41, 5.74) is 0.120. The third kappa shape index (κ3) is 4.16. The standard InChI is InChI=1S/C21H35N3O3/c25-19-8-7-17(15-24(19)18-5-1-2-6-18)20(26)22-16-21(9-3-4-10-21)23-11-13-27-14-12-23/h17-18H,1-16H2,(H,22,26)/t17-/m0/s1. The van der Waals surface area contributed by atoms with E-state index < -0.39 is 0 Å². The van der Waals surface area contributed by atoms with Crippen molar-refractivity contribution in [3.05, 3.63) is 0 Å². The Labute approximate surface area is 163 Å². The van der Waals surface area contributed by atoms with Crippen LogP contribution in [-0.4, -0.2) is 72.6 Å². The fraction of sp³-hybridized carbons (Fsp3) is 0.905. The highest BCUT2D eigenvalue weighted by molar-refractivity contribution is 5.84. The molecule has 27 heavy (non-hydrogen) atoms. The average molecular weight is 378 g/mol. The van der Waals surface area contributed by atoms with Crippen molar-refractivity contribution < 1.29 is 14.3 Å². The number of ether oxygens (including phenoxy) is 1. The first-order valence-corrected chi connectivity index (χ1v) is 11.1. The Kier molecular flexibility index (Phi) is 6.02. The molecule has 2 amide bonds. The number of amides is 2. The molecular weight excluding hydrogens is 342 g/mol. The molecule has 1 N–H and O–H groups in total. The zero-order valence-electron chi connectivity index (χ0n) is 16.6. The first-order valence-electron chi connectivity index (χ1n) is 11.1. The maximum atomic E-state index is 13.0. The summed E-state index contributed by atoms with van der Waals surface area (Å²) >= 11 is 0. The van der Waals surface area contributed by atoms with E-state index in [1.807, 2.05) is 4.90 Å². The predicted molar refractivity (Wildman–Crippen MR) is 103 cm³/mol. The van der Waals surface area contributed by atoms with Crippen LogP contribution in [0.15, 0.2) is 0 Å². The Morgan fingerprint density at radius 3 is 2.48 bits per heavy atom. The molecule has 0 aromatic rings. The van der Waals surface area contributed by atoms with Gasteiger partial charge in [-0.25, -0.2) is 0 Å². The molecule has 6 heteroatoms. The van der Waals surface area contributed by atoms with Gasteiger partial charge in [0.15, 0.2) is 0 Å². The Bertz CT molecular complexity index is 535. The number of carbonyl (C=O) groups is 2. The normalized spacial score (nSPS) is 30.0. The summed E-state index contributed by atoms with van der Waals surface area (Å²) in [5.74, 6) is 0.378. The first kappa shape index (κ1) is 19.2. The zero-order valence-corrected chi connectivity index (χ0v) is 16.6. The van der Waals surface area contributed by atoms with Gasteiger partial charge in [0.25, 0.3) is 0 Å². The van der Waals surface area contributed by atoms with E-state index in [0.29, 0.717) is 25.4 Å². The van der Waals surface area contributed by atoms with Crippen LogP contribution in [-0.2, 0) is 14.3 Å². The van der Waals surface area contributed by atoms with Gasteiger partial charge in [-0.3, -0.25) is 14.5 Å². The second kappa shape index (κ2) is 8.48. The van der Waals surface area contributed by atoms with Crippen molar-refractivity contribution in [1.82, 2.24) is 15.1 Å². The summed E-state index contributed by atoms with van der Waals surface area (Å²) in [6.07, 6.45) is 10.7. The fourth-order valence-electron chi connectivity index (χ4n) is 5.73. The van der Waals surface area contributed by atoms with Crippen LogP contribution in [0.25, 0.3) is 0 Å². The lowest BCUT2D eigenvalue weighted by atomic mass is 9.92. The number of nitrogens with one attached hydrogen (secondary N) is 1. The molecule has 0 radical (unpaired) electrons. The Morgan fingerprint density at radius 2 is 1.78 bits per heavy atom. The van der Waals surface area contributed by atoms with Gasteiger partial charge in [-0.2, -0.15) is 0 Å². The van der Waals surface area contributed by atoms with E-state index >= 15 is 0 Å². The SMILES string of the molecule is O=C(NCC1(N2CCOCC2)CCCC1)[C@H]1CCC(=O)N(C2CCCC2)C1. The van der Waals surface area contributed by atoms with Gasteiger partial charge in [-0.15, -0.1) is 0 Å². The summed E-state index contributed by atoms with van der Waals surface area (Å²) < 4.78 is 5.53. The molecule has 4 rings (SSSR count). The minimum atomic E-state index is -0.0357. The van der Waals surface area contributed by atoms with Crippen molar-refractivity contribution in [3.8, 4) is 0 Å². The van der Waals surface area contributed by atoms with Crippen molar-refractivity contribution >= 4 is 11.8 Å². The molecule has 1 atom stereocenters. The summed E-state index contributed by atoms with van der Waals surface area (Å²) in [5, 5.41) is 3.30. The van der Waals surface area contributed by atoms with E-state index in [4.69, 9.17) is 4.74 Å². The monoisotopic (exact) mass is 377 g/mol. The van der Waals surface area contributed by atoms with Crippen molar-refractivity contribution in [3.63, 3.8) is 0 Å². The van der Waals surface area contributed by atoms with Crippen LogP contribution < -0.4 is 5.32 Å². The maximum Gasteiger partial charge on any atom is 0.224 e. The van der Waals surface area contributed by atoms with Crippen LogP contribution >= 0.6 is 0 Å². The van der Waals surface area contributed by atoms with E-state index in [1.165, 1.54) is 38.5 Å². The van der Waals surface area contributed by atoms with Gasteiger partial charge in [0, 0.05) is 44.2 Å². The molecular formula is C21H35N3O3. The van der Waals surface area contributed by atoms with Crippen molar-refractivity contribution in [2.75, 3.05) is 39.4 Å². The van der Waals surface area contributed by atoms with Gasteiger partial charge in [-0.1, -0.05) is 25.7 Å².